The number of rotatable bonds is 0. The van der Waals surface area contributed by atoms with Gasteiger partial charge in [-0.15, -0.1) is 0 Å². The van der Waals surface area contributed by atoms with Crippen molar-refractivity contribution in [2.75, 3.05) is 0 Å². The van der Waals surface area contributed by atoms with E-state index in [4.69, 9.17) is 23.2 Å². The number of cyclic esters (lactones) is 2. The van der Waals surface area contributed by atoms with E-state index in [0.29, 0.717) is 31.9 Å². The lowest BCUT2D eigenvalue weighted by Gasteiger charge is -2.16. The summed E-state index contributed by atoms with van der Waals surface area (Å²) in [5.41, 5.74) is 0.581. The molecule has 3 nitrogen and oxygen atoms in total. The fourth-order valence-corrected chi connectivity index (χ4v) is 2.41. The van der Waals surface area contributed by atoms with Crippen LogP contribution < -0.4 is 0 Å². The van der Waals surface area contributed by atoms with Crippen LogP contribution in [0.3, 0.4) is 0 Å². The van der Waals surface area contributed by atoms with E-state index in [-0.39, 0.29) is 0 Å². The fraction of sp³-hybridized carbons (Fsp3) is 0. The van der Waals surface area contributed by atoms with Crippen molar-refractivity contribution < 1.29 is 14.3 Å². The molecule has 0 unspecified atom stereocenters. The first-order chi connectivity index (χ1) is 8.06. The van der Waals surface area contributed by atoms with E-state index in [9.17, 15) is 9.59 Å². The number of hydrogen-bond donors (Lipinski definition) is 0. The summed E-state index contributed by atoms with van der Waals surface area (Å²) >= 11 is 11.8. The Bertz CT molecular complexity index is 637. The quantitative estimate of drug-likeness (QED) is 0.542. The molecule has 1 aliphatic rings. The van der Waals surface area contributed by atoms with E-state index in [1.54, 1.807) is 12.1 Å². The van der Waals surface area contributed by atoms with E-state index in [1.165, 1.54) is 12.1 Å². The fourth-order valence-electron chi connectivity index (χ4n) is 1.96. The Hall–Kier alpha value is -1.58. The standard InChI is InChI=1S/C12H4Cl2O3/c13-6-1-5-2-7(14)4-9-10(5)8(3-6)11(15)17-12(9)16/h1-4H. The van der Waals surface area contributed by atoms with Gasteiger partial charge >= 0.3 is 11.9 Å². The largest absolute Gasteiger partial charge is 0.386 e. The first-order valence-corrected chi connectivity index (χ1v) is 5.51. The van der Waals surface area contributed by atoms with Gasteiger partial charge < -0.3 is 4.74 Å². The van der Waals surface area contributed by atoms with Gasteiger partial charge in [0, 0.05) is 15.4 Å². The summed E-state index contributed by atoms with van der Waals surface area (Å²) in [4.78, 5) is 23.2. The van der Waals surface area contributed by atoms with Crippen molar-refractivity contribution in [3.8, 4) is 0 Å². The lowest BCUT2D eigenvalue weighted by atomic mass is 9.97. The summed E-state index contributed by atoms with van der Waals surface area (Å²) in [6.45, 7) is 0. The highest BCUT2D eigenvalue weighted by Crippen LogP contribution is 2.33. The van der Waals surface area contributed by atoms with Crippen LogP contribution in [0.4, 0.5) is 0 Å². The average Bonchev–Trinajstić information content (AvgIpc) is 2.24. The topological polar surface area (TPSA) is 43.4 Å². The number of esters is 2. The number of carbonyl (C=O) groups is 2. The molecule has 0 fully saturated rings. The second kappa shape index (κ2) is 3.45. The van der Waals surface area contributed by atoms with Crippen LogP contribution in [0, 0.1) is 0 Å². The third kappa shape index (κ3) is 1.51. The lowest BCUT2D eigenvalue weighted by Crippen LogP contribution is -2.19. The van der Waals surface area contributed by atoms with Gasteiger partial charge in [-0.25, -0.2) is 9.59 Å². The molecule has 3 rings (SSSR count). The SMILES string of the molecule is O=C1OC(=O)c2cc(Cl)cc3cc(Cl)cc1c23. The minimum atomic E-state index is -0.683. The molecule has 0 radical (unpaired) electrons. The number of ether oxygens (including phenoxy) is 1. The van der Waals surface area contributed by atoms with Crippen LogP contribution in [0.25, 0.3) is 10.8 Å². The van der Waals surface area contributed by atoms with E-state index >= 15 is 0 Å². The van der Waals surface area contributed by atoms with E-state index in [0.717, 1.165) is 0 Å². The van der Waals surface area contributed by atoms with Crippen molar-refractivity contribution in [2.45, 2.75) is 0 Å². The second-order valence-electron chi connectivity index (χ2n) is 3.68. The van der Waals surface area contributed by atoms with Gasteiger partial charge in [0.2, 0.25) is 0 Å². The second-order valence-corrected chi connectivity index (χ2v) is 4.55. The van der Waals surface area contributed by atoms with Crippen LogP contribution in [-0.4, -0.2) is 11.9 Å². The monoisotopic (exact) mass is 266 g/mol. The van der Waals surface area contributed by atoms with Gasteiger partial charge in [0.05, 0.1) is 11.1 Å². The number of benzene rings is 2. The highest BCUT2D eigenvalue weighted by molar-refractivity contribution is 6.35. The van der Waals surface area contributed by atoms with Gasteiger partial charge in [-0.1, -0.05) is 23.2 Å². The van der Waals surface area contributed by atoms with Crippen LogP contribution in [-0.2, 0) is 4.74 Å². The minimum absolute atomic E-state index is 0.291. The highest BCUT2D eigenvalue weighted by atomic mass is 35.5. The third-order valence-electron chi connectivity index (χ3n) is 2.60. The predicted octanol–water partition coefficient (Wildman–Crippen LogP) is 3.46. The highest BCUT2D eigenvalue weighted by Gasteiger charge is 2.28. The molecule has 0 aromatic heterocycles. The molecule has 0 spiro atoms. The van der Waals surface area contributed by atoms with Gasteiger partial charge in [0.1, 0.15) is 0 Å². The predicted molar refractivity (Wildman–Crippen MR) is 63.7 cm³/mol. The van der Waals surface area contributed by atoms with Crippen molar-refractivity contribution in [3.63, 3.8) is 0 Å². The van der Waals surface area contributed by atoms with Gasteiger partial charge in [-0.3, -0.25) is 0 Å². The Morgan fingerprint density at radius 3 is 1.76 bits per heavy atom. The zero-order chi connectivity index (χ0) is 12.2. The van der Waals surface area contributed by atoms with Crippen LogP contribution in [0.5, 0.6) is 0 Å². The summed E-state index contributed by atoms with van der Waals surface area (Å²) in [6, 6.07) is 6.27. The summed E-state index contributed by atoms with van der Waals surface area (Å²) in [5, 5.41) is 1.99. The molecule has 2 aromatic carbocycles. The number of carbonyl (C=O) groups excluding carboxylic acids is 2. The minimum Gasteiger partial charge on any atom is -0.386 e. The number of halogens is 2. The molecule has 0 aliphatic carbocycles. The smallest absolute Gasteiger partial charge is 0.346 e. The van der Waals surface area contributed by atoms with Gasteiger partial charge in [-0.05, 0) is 29.7 Å². The van der Waals surface area contributed by atoms with Crippen LogP contribution in [0.15, 0.2) is 24.3 Å². The lowest BCUT2D eigenvalue weighted by molar-refractivity contribution is 0.0391. The first kappa shape index (κ1) is 10.6. The molecule has 0 atom stereocenters. The Morgan fingerprint density at radius 2 is 1.29 bits per heavy atom. The summed E-state index contributed by atoms with van der Waals surface area (Å²) in [7, 11) is 0. The molecule has 0 bridgehead atoms. The first-order valence-electron chi connectivity index (χ1n) is 4.75. The van der Waals surface area contributed by atoms with Crippen molar-refractivity contribution in [1.29, 1.82) is 0 Å². The number of hydrogen-bond acceptors (Lipinski definition) is 3. The van der Waals surface area contributed by atoms with Gasteiger partial charge in [0.15, 0.2) is 0 Å². The molecule has 84 valence electrons. The van der Waals surface area contributed by atoms with Gasteiger partial charge in [0.25, 0.3) is 0 Å². The molecule has 0 N–H and O–H groups in total. The molecule has 0 saturated heterocycles. The third-order valence-corrected chi connectivity index (χ3v) is 3.04. The van der Waals surface area contributed by atoms with E-state index < -0.39 is 11.9 Å². The van der Waals surface area contributed by atoms with Gasteiger partial charge in [-0.2, -0.15) is 0 Å². The molecule has 1 heterocycles. The Morgan fingerprint density at radius 1 is 0.824 bits per heavy atom. The zero-order valence-corrected chi connectivity index (χ0v) is 9.80. The summed E-state index contributed by atoms with van der Waals surface area (Å²) in [6.07, 6.45) is 0. The Balaban J connectivity index is 2.56. The van der Waals surface area contributed by atoms with Crippen molar-refractivity contribution in [3.05, 3.63) is 45.4 Å². The van der Waals surface area contributed by atoms with Crippen LogP contribution >= 0.6 is 23.2 Å². The molecule has 5 heteroatoms. The van der Waals surface area contributed by atoms with Crippen molar-refractivity contribution in [1.82, 2.24) is 0 Å². The summed E-state index contributed by atoms with van der Waals surface area (Å²) in [5.74, 6) is -1.37. The Kier molecular flexibility index (Phi) is 2.15. The maximum atomic E-state index is 11.6. The van der Waals surface area contributed by atoms with Crippen LogP contribution in [0.2, 0.25) is 10.0 Å². The van der Waals surface area contributed by atoms with Crippen molar-refractivity contribution >= 4 is 45.9 Å². The van der Waals surface area contributed by atoms with Crippen LogP contribution in [0.1, 0.15) is 20.7 Å². The molecular formula is C12H4Cl2O3. The molecule has 17 heavy (non-hydrogen) atoms. The molecule has 2 aromatic rings. The summed E-state index contributed by atoms with van der Waals surface area (Å²) < 4.78 is 4.62. The van der Waals surface area contributed by atoms with E-state index in [2.05, 4.69) is 4.74 Å². The molecule has 0 saturated carbocycles. The normalized spacial score (nSPS) is 14.0. The maximum absolute atomic E-state index is 11.6. The Labute approximate surface area is 106 Å². The average molecular weight is 267 g/mol. The van der Waals surface area contributed by atoms with E-state index in [1.807, 2.05) is 0 Å². The molecular weight excluding hydrogens is 263 g/mol. The van der Waals surface area contributed by atoms with Crippen molar-refractivity contribution in [2.24, 2.45) is 0 Å². The molecule has 1 aliphatic heterocycles. The zero-order valence-electron chi connectivity index (χ0n) is 8.29. The molecule has 0 amide bonds. The maximum Gasteiger partial charge on any atom is 0.346 e.